The first-order chi connectivity index (χ1) is 7.07. The number of amides is 2. The molecular weight excluding hydrogens is 230 g/mol. The average Bonchev–Trinajstić information content (AvgIpc) is 2.20. The largest absolute Gasteiger partial charge is 0.333 e. The van der Waals surface area contributed by atoms with Gasteiger partial charge in [-0.15, -0.1) is 12.4 Å². The maximum absolute atomic E-state index is 11.6. The van der Waals surface area contributed by atoms with Gasteiger partial charge in [0.05, 0.1) is 0 Å². The Morgan fingerprint density at radius 3 is 2.38 bits per heavy atom. The summed E-state index contributed by atoms with van der Waals surface area (Å²) in [6.07, 6.45) is 0.751. The molecule has 0 atom stereocenters. The van der Waals surface area contributed by atoms with Gasteiger partial charge in [-0.3, -0.25) is 9.59 Å². The Hall–Kier alpha value is -0.810. The Kier molecular flexibility index (Phi) is 6.36. The Bertz CT molecular complexity index is 258. The molecule has 1 heterocycles. The summed E-state index contributed by atoms with van der Waals surface area (Å²) in [7, 11) is 0. The van der Waals surface area contributed by atoms with Crippen molar-refractivity contribution in [3.05, 3.63) is 0 Å². The van der Waals surface area contributed by atoms with Crippen LogP contribution in [0.25, 0.3) is 0 Å². The van der Waals surface area contributed by atoms with Gasteiger partial charge in [0.25, 0.3) is 0 Å². The molecule has 2 amide bonds. The van der Waals surface area contributed by atoms with E-state index in [1.807, 2.05) is 13.8 Å². The van der Waals surface area contributed by atoms with Gasteiger partial charge in [-0.05, 0) is 26.8 Å². The molecule has 0 aromatic heterocycles. The first kappa shape index (κ1) is 15.2. The first-order valence-electron chi connectivity index (χ1n) is 5.38. The summed E-state index contributed by atoms with van der Waals surface area (Å²) in [5.74, 6) is -0.767. The van der Waals surface area contributed by atoms with E-state index >= 15 is 0 Å². The maximum atomic E-state index is 11.6. The summed E-state index contributed by atoms with van der Waals surface area (Å²) < 4.78 is 0. The highest BCUT2D eigenvalue weighted by molar-refractivity contribution is 6.35. The van der Waals surface area contributed by atoms with Crippen LogP contribution in [-0.4, -0.2) is 53.8 Å². The van der Waals surface area contributed by atoms with Crippen molar-refractivity contribution >= 4 is 24.2 Å². The minimum atomic E-state index is -0.386. The van der Waals surface area contributed by atoms with Crippen LogP contribution in [-0.2, 0) is 9.59 Å². The number of piperazine rings is 1. The van der Waals surface area contributed by atoms with Gasteiger partial charge in [-0.1, -0.05) is 0 Å². The monoisotopic (exact) mass is 249 g/mol. The quantitative estimate of drug-likeness (QED) is 0.704. The normalized spacial score (nSPS) is 16.8. The van der Waals surface area contributed by atoms with Gasteiger partial charge in [0, 0.05) is 25.7 Å². The minimum absolute atomic E-state index is 0. The lowest BCUT2D eigenvalue weighted by Gasteiger charge is -2.35. The van der Waals surface area contributed by atoms with E-state index in [2.05, 4.69) is 0 Å². The predicted molar refractivity (Wildman–Crippen MR) is 64.3 cm³/mol. The van der Waals surface area contributed by atoms with Gasteiger partial charge in [-0.2, -0.15) is 0 Å². The van der Waals surface area contributed by atoms with Crippen LogP contribution < -0.4 is 5.73 Å². The summed E-state index contributed by atoms with van der Waals surface area (Å²) in [5.41, 5.74) is 5.37. The van der Waals surface area contributed by atoms with Crippen molar-refractivity contribution in [1.82, 2.24) is 9.80 Å². The van der Waals surface area contributed by atoms with E-state index in [0.717, 1.165) is 6.42 Å². The van der Waals surface area contributed by atoms with Gasteiger partial charge in [0.2, 0.25) is 0 Å². The molecule has 0 saturated carbocycles. The molecule has 94 valence electrons. The van der Waals surface area contributed by atoms with Crippen LogP contribution in [0.5, 0.6) is 0 Å². The number of hydrogen-bond donors (Lipinski definition) is 1. The van der Waals surface area contributed by atoms with Crippen LogP contribution in [0.3, 0.4) is 0 Å². The summed E-state index contributed by atoms with van der Waals surface area (Å²) in [6.45, 7) is 6.23. The second kappa shape index (κ2) is 6.70. The SMILES string of the molecule is CC(C)N1CCN(CCCN)C(=O)C1=O.Cl. The van der Waals surface area contributed by atoms with Gasteiger partial charge in [0.15, 0.2) is 0 Å². The molecule has 0 spiro atoms. The molecule has 1 aliphatic rings. The van der Waals surface area contributed by atoms with Crippen LogP contribution in [0.4, 0.5) is 0 Å². The number of rotatable bonds is 4. The highest BCUT2D eigenvalue weighted by atomic mass is 35.5. The lowest BCUT2D eigenvalue weighted by Crippen LogP contribution is -2.56. The van der Waals surface area contributed by atoms with Crippen molar-refractivity contribution in [1.29, 1.82) is 0 Å². The second-order valence-electron chi connectivity index (χ2n) is 4.03. The van der Waals surface area contributed by atoms with Crippen molar-refractivity contribution < 1.29 is 9.59 Å². The summed E-state index contributed by atoms with van der Waals surface area (Å²) in [4.78, 5) is 26.5. The zero-order valence-electron chi connectivity index (χ0n) is 9.81. The van der Waals surface area contributed by atoms with Gasteiger partial charge in [0.1, 0.15) is 0 Å². The fourth-order valence-electron chi connectivity index (χ4n) is 1.68. The Morgan fingerprint density at radius 2 is 1.88 bits per heavy atom. The second-order valence-corrected chi connectivity index (χ2v) is 4.03. The van der Waals surface area contributed by atoms with Crippen molar-refractivity contribution in [2.45, 2.75) is 26.3 Å². The maximum Gasteiger partial charge on any atom is 0.312 e. The number of carbonyl (C=O) groups excluding carboxylic acids is 2. The van der Waals surface area contributed by atoms with Crippen LogP contribution >= 0.6 is 12.4 Å². The Morgan fingerprint density at radius 1 is 1.25 bits per heavy atom. The summed E-state index contributed by atoms with van der Waals surface area (Å²) in [5, 5.41) is 0. The van der Waals surface area contributed by atoms with E-state index in [9.17, 15) is 9.59 Å². The third-order valence-corrected chi connectivity index (χ3v) is 2.60. The molecule has 0 aromatic carbocycles. The lowest BCUT2D eigenvalue weighted by atomic mass is 10.2. The van der Waals surface area contributed by atoms with Crippen molar-refractivity contribution in [2.75, 3.05) is 26.2 Å². The van der Waals surface area contributed by atoms with Gasteiger partial charge in [-0.25, -0.2) is 0 Å². The van der Waals surface area contributed by atoms with Crippen LogP contribution in [0.15, 0.2) is 0 Å². The van der Waals surface area contributed by atoms with E-state index in [-0.39, 0.29) is 30.3 Å². The summed E-state index contributed by atoms with van der Waals surface area (Å²) >= 11 is 0. The van der Waals surface area contributed by atoms with E-state index in [1.165, 1.54) is 0 Å². The molecule has 0 radical (unpaired) electrons. The number of nitrogens with two attached hydrogens (primary N) is 1. The Balaban J connectivity index is 0.00000225. The third-order valence-electron chi connectivity index (χ3n) is 2.60. The predicted octanol–water partition coefficient (Wildman–Crippen LogP) is -0.164. The molecule has 1 saturated heterocycles. The molecule has 1 fully saturated rings. The van der Waals surface area contributed by atoms with Crippen LogP contribution in [0.1, 0.15) is 20.3 Å². The van der Waals surface area contributed by atoms with Crippen LogP contribution in [0, 0.1) is 0 Å². The van der Waals surface area contributed by atoms with E-state index < -0.39 is 0 Å². The first-order valence-corrected chi connectivity index (χ1v) is 5.38. The molecular formula is C10H20ClN3O2. The molecule has 0 bridgehead atoms. The number of hydrogen-bond acceptors (Lipinski definition) is 3. The molecule has 0 aliphatic carbocycles. The fourth-order valence-corrected chi connectivity index (χ4v) is 1.68. The Labute approximate surface area is 102 Å². The minimum Gasteiger partial charge on any atom is -0.333 e. The zero-order valence-corrected chi connectivity index (χ0v) is 10.6. The summed E-state index contributed by atoms with van der Waals surface area (Å²) in [6, 6.07) is 0.0955. The van der Waals surface area contributed by atoms with Crippen LogP contribution in [0.2, 0.25) is 0 Å². The van der Waals surface area contributed by atoms with Gasteiger partial charge >= 0.3 is 11.8 Å². The average molecular weight is 250 g/mol. The molecule has 16 heavy (non-hydrogen) atoms. The van der Waals surface area contributed by atoms with Crippen molar-refractivity contribution in [3.63, 3.8) is 0 Å². The molecule has 0 aromatic rings. The molecule has 0 unspecified atom stereocenters. The number of carbonyl (C=O) groups is 2. The highest BCUT2D eigenvalue weighted by Crippen LogP contribution is 2.08. The molecule has 6 heteroatoms. The highest BCUT2D eigenvalue weighted by Gasteiger charge is 2.32. The lowest BCUT2D eigenvalue weighted by molar-refractivity contribution is -0.157. The molecule has 2 N–H and O–H groups in total. The van der Waals surface area contributed by atoms with E-state index in [4.69, 9.17) is 5.73 Å². The zero-order chi connectivity index (χ0) is 11.4. The topological polar surface area (TPSA) is 66.6 Å². The molecule has 5 nitrogen and oxygen atoms in total. The van der Waals surface area contributed by atoms with Gasteiger partial charge < -0.3 is 15.5 Å². The number of nitrogens with zero attached hydrogens (tertiary/aromatic N) is 2. The smallest absolute Gasteiger partial charge is 0.312 e. The van der Waals surface area contributed by atoms with Crippen molar-refractivity contribution in [3.8, 4) is 0 Å². The van der Waals surface area contributed by atoms with Crippen molar-refractivity contribution in [2.24, 2.45) is 5.73 Å². The van der Waals surface area contributed by atoms with E-state index in [1.54, 1.807) is 9.80 Å². The molecule has 1 rings (SSSR count). The molecule has 1 aliphatic heterocycles. The third kappa shape index (κ3) is 3.35. The van der Waals surface area contributed by atoms with E-state index in [0.29, 0.717) is 26.2 Å². The standard InChI is InChI=1S/C10H19N3O2.ClH/c1-8(2)13-7-6-12(5-3-4-11)9(14)10(13)15;/h8H,3-7,11H2,1-2H3;1H. The number of halogens is 1. The fraction of sp³-hybridized carbons (Fsp3) is 0.800.